The number of sulfonamides is 1. The summed E-state index contributed by atoms with van der Waals surface area (Å²) in [5, 5.41) is 25.2. The molecular formula is C12H15N3O6S. The van der Waals surface area contributed by atoms with Gasteiger partial charge in [-0.15, -0.1) is 0 Å². The topological polar surface area (TPSA) is 144 Å². The smallest absolute Gasteiger partial charge is 0.311 e. The molecule has 1 atom stereocenters. The first-order valence-corrected chi connectivity index (χ1v) is 7.89. The molecule has 0 spiro atoms. The Hall–Kier alpha value is -2.20. The fourth-order valence-corrected chi connectivity index (χ4v) is 3.19. The second-order valence-corrected chi connectivity index (χ2v) is 7.02. The van der Waals surface area contributed by atoms with E-state index in [0.717, 1.165) is 18.2 Å². The molecule has 0 radical (unpaired) electrons. The van der Waals surface area contributed by atoms with E-state index in [1.54, 1.807) is 6.92 Å². The minimum absolute atomic E-state index is 0.0476. The van der Waals surface area contributed by atoms with Crippen molar-refractivity contribution in [2.24, 2.45) is 10.6 Å². The summed E-state index contributed by atoms with van der Waals surface area (Å²) in [5.74, 6) is -1.00. The Kier molecular flexibility index (Phi) is 3.83. The van der Waals surface area contributed by atoms with Gasteiger partial charge in [-0.25, -0.2) is 13.6 Å². The number of primary sulfonamides is 1. The van der Waals surface area contributed by atoms with Crippen LogP contribution in [-0.4, -0.2) is 37.5 Å². The standard InChI is InChI=1S/C12H15N3O6S/c1-12(11(16)17)4-5-14(7-12)9-6-8(15(18)19)2-3-10(9)22(13,20)21/h2-3,6H,4-5,7H2,1H3,(H,16,17)(H2,13,20,21). The largest absolute Gasteiger partial charge is 0.481 e. The van der Waals surface area contributed by atoms with Crippen LogP contribution < -0.4 is 10.0 Å². The Morgan fingerprint density at radius 3 is 2.59 bits per heavy atom. The van der Waals surface area contributed by atoms with Gasteiger partial charge in [0.05, 0.1) is 16.0 Å². The summed E-state index contributed by atoms with van der Waals surface area (Å²) in [6.45, 7) is 1.86. The second-order valence-electron chi connectivity index (χ2n) is 5.49. The maximum absolute atomic E-state index is 11.7. The lowest BCUT2D eigenvalue weighted by atomic mass is 9.90. The predicted molar refractivity (Wildman–Crippen MR) is 77.0 cm³/mol. The Morgan fingerprint density at radius 1 is 1.50 bits per heavy atom. The number of hydrogen-bond acceptors (Lipinski definition) is 6. The molecule has 1 aliphatic heterocycles. The van der Waals surface area contributed by atoms with Gasteiger partial charge in [0, 0.05) is 25.2 Å². The molecule has 1 unspecified atom stereocenters. The zero-order valence-electron chi connectivity index (χ0n) is 11.7. The summed E-state index contributed by atoms with van der Waals surface area (Å²) < 4.78 is 23.3. The molecular weight excluding hydrogens is 314 g/mol. The Morgan fingerprint density at radius 2 is 2.14 bits per heavy atom. The summed E-state index contributed by atoms with van der Waals surface area (Å²) >= 11 is 0. The molecule has 0 saturated carbocycles. The van der Waals surface area contributed by atoms with Crippen molar-refractivity contribution in [1.29, 1.82) is 0 Å². The fourth-order valence-electron chi connectivity index (χ4n) is 2.45. The van der Waals surface area contributed by atoms with Crippen LogP contribution in [0.15, 0.2) is 23.1 Å². The van der Waals surface area contributed by atoms with E-state index >= 15 is 0 Å². The van der Waals surface area contributed by atoms with Crippen LogP contribution in [0.25, 0.3) is 0 Å². The first-order valence-electron chi connectivity index (χ1n) is 6.34. The van der Waals surface area contributed by atoms with Crippen LogP contribution in [0.1, 0.15) is 13.3 Å². The average molecular weight is 329 g/mol. The molecule has 3 N–H and O–H groups in total. The number of aliphatic carboxylic acids is 1. The zero-order chi connectivity index (χ0) is 16.7. The first kappa shape index (κ1) is 16.2. The molecule has 1 aromatic rings. The lowest BCUT2D eigenvalue weighted by Crippen LogP contribution is -2.32. The molecule has 10 heteroatoms. The molecule has 22 heavy (non-hydrogen) atoms. The van der Waals surface area contributed by atoms with Crippen molar-refractivity contribution in [3.8, 4) is 0 Å². The maximum Gasteiger partial charge on any atom is 0.311 e. The molecule has 0 aromatic heterocycles. The molecule has 0 amide bonds. The van der Waals surface area contributed by atoms with Gasteiger partial charge in [-0.2, -0.15) is 0 Å². The lowest BCUT2D eigenvalue weighted by molar-refractivity contribution is -0.384. The maximum atomic E-state index is 11.7. The van der Waals surface area contributed by atoms with E-state index in [4.69, 9.17) is 5.14 Å². The van der Waals surface area contributed by atoms with Crippen molar-refractivity contribution in [1.82, 2.24) is 0 Å². The SMILES string of the molecule is CC1(C(=O)O)CCN(c2cc([N+](=O)[O-])ccc2S(N)(=O)=O)C1. The van der Waals surface area contributed by atoms with E-state index in [1.807, 2.05) is 0 Å². The number of anilines is 1. The van der Waals surface area contributed by atoms with Gasteiger partial charge in [0.15, 0.2) is 0 Å². The van der Waals surface area contributed by atoms with Crippen molar-refractivity contribution in [3.63, 3.8) is 0 Å². The van der Waals surface area contributed by atoms with Crippen LogP contribution in [0.4, 0.5) is 11.4 Å². The highest BCUT2D eigenvalue weighted by Crippen LogP contribution is 2.37. The number of nitrogens with zero attached hydrogens (tertiary/aromatic N) is 2. The van der Waals surface area contributed by atoms with Crippen molar-refractivity contribution >= 4 is 27.4 Å². The van der Waals surface area contributed by atoms with Crippen molar-refractivity contribution in [3.05, 3.63) is 28.3 Å². The van der Waals surface area contributed by atoms with Gasteiger partial charge >= 0.3 is 5.97 Å². The van der Waals surface area contributed by atoms with Crippen LogP contribution in [-0.2, 0) is 14.8 Å². The molecule has 9 nitrogen and oxygen atoms in total. The highest BCUT2D eigenvalue weighted by atomic mass is 32.2. The molecule has 2 rings (SSSR count). The number of nitrogens with two attached hydrogens (primary N) is 1. The second kappa shape index (κ2) is 5.21. The number of rotatable bonds is 4. The van der Waals surface area contributed by atoms with Gasteiger partial charge in [0.1, 0.15) is 4.90 Å². The van der Waals surface area contributed by atoms with Crippen molar-refractivity contribution in [2.45, 2.75) is 18.2 Å². The zero-order valence-corrected chi connectivity index (χ0v) is 12.5. The fraction of sp³-hybridized carbons (Fsp3) is 0.417. The van der Waals surface area contributed by atoms with Gasteiger partial charge in [-0.3, -0.25) is 14.9 Å². The summed E-state index contributed by atoms with van der Waals surface area (Å²) in [7, 11) is -4.08. The number of carboxylic acid groups (broad SMARTS) is 1. The molecule has 0 bridgehead atoms. The van der Waals surface area contributed by atoms with Crippen LogP contribution >= 0.6 is 0 Å². The number of nitro benzene ring substituents is 1. The average Bonchev–Trinajstić information content (AvgIpc) is 2.81. The number of carbonyl (C=O) groups is 1. The van der Waals surface area contributed by atoms with E-state index < -0.39 is 26.3 Å². The molecule has 120 valence electrons. The predicted octanol–water partition coefficient (Wildman–Crippen LogP) is 0.543. The van der Waals surface area contributed by atoms with Crippen molar-refractivity contribution in [2.75, 3.05) is 18.0 Å². The van der Waals surface area contributed by atoms with E-state index in [1.165, 1.54) is 4.90 Å². The Balaban J connectivity index is 2.52. The Bertz CT molecular complexity index is 747. The van der Waals surface area contributed by atoms with E-state index in [-0.39, 0.29) is 29.4 Å². The van der Waals surface area contributed by atoms with Crippen LogP contribution in [0, 0.1) is 15.5 Å². The third kappa shape index (κ3) is 2.88. The van der Waals surface area contributed by atoms with Crippen LogP contribution in [0.2, 0.25) is 0 Å². The van der Waals surface area contributed by atoms with E-state index in [0.29, 0.717) is 6.42 Å². The molecule has 1 fully saturated rings. The van der Waals surface area contributed by atoms with Gasteiger partial charge in [0.25, 0.3) is 5.69 Å². The van der Waals surface area contributed by atoms with Gasteiger partial charge in [-0.1, -0.05) is 0 Å². The monoisotopic (exact) mass is 329 g/mol. The number of non-ortho nitro benzene ring substituents is 1. The highest BCUT2D eigenvalue weighted by Gasteiger charge is 2.41. The van der Waals surface area contributed by atoms with Crippen LogP contribution in [0.5, 0.6) is 0 Å². The normalized spacial score (nSPS) is 21.8. The summed E-state index contributed by atoms with van der Waals surface area (Å²) in [6.07, 6.45) is 0.301. The van der Waals surface area contributed by atoms with Gasteiger partial charge in [-0.05, 0) is 19.4 Å². The third-order valence-corrected chi connectivity index (χ3v) is 4.75. The minimum atomic E-state index is -4.08. The lowest BCUT2D eigenvalue weighted by Gasteiger charge is -2.23. The quantitative estimate of drug-likeness (QED) is 0.606. The molecule has 1 heterocycles. The highest BCUT2D eigenvalue weighted by molar-refractivity contribution is 7.89. The first-order chi connectivity index (χ1) is 10.0. The number of benzene rings is 1. The molecule has 1 saturated heterocycles. The van der Waals surface area contributed by atoms with E-state index in [9.17, 15) is 28.4 Å². The molecule has 1 aliphatic rings. The number of hydrogen-bond donors (Lipinski definition) is 2. The van der Waals surface area contributed by atoms with Crippen LogP contribution in [0.3, 0.4) is 0 Å². The van der Waals surface area contributed by atoms with Crippen molar-refractivity contribution < 1.29 is 23.2 Å². The van der Waals surface area contributed by atoms with Gasteiger partial charge in [0.2, 0.25) is 10.0 Å². The summed E-state index contributed by atoms with van der Waals surface area (Å²) in [6, 6.07) is 3.22. The summed E-state index contributed by atoms with van der Waals surface area (Å²) in [5.41, 5.74) is -1.27. The third-order valence-electron chi connectivity index (χ3n) is 3.79. The Labute approximate surface area is 126 Å². The number of carboxylic acids is 1. The van der Waals surface area contributed by atoms with Gasteiger partial charge < -0.3 is 10.0 Å². The minimum Gasteiger partial charge on any atom is -0.481 e. The van der Waals surface area contributed by atoms with E-state index in [2.05, 4.69) is 0 Å². The molecule has 0 aliphatic carbocycles. The summed E-state index contributed by atoms with van der Waals surface area (Å²) in [4.78, 5) is 22.8. The number of nitro groups is 1. The molecule has 1 aromatic carbocycles.